The molecule has 0 aromatic carbocycles. The van der Waals surface area contributed by atoms with Crippen molar-refractivity contribution in [3.05, 3.63) is 71.7 Å². The van der Waals surface area contributed by atoms with Crippen molar-refractivity contribution in [2.45, 2.75) is 25.7 Å². The van der Waals surface area contributed by atoms with Crippen LogP contribution >= 0.6 is 0 Å². The van der Waals surface area contributed by atoms with Gasteiger partial charge in [0.05, 0.1) is 29.4 Å². The third-order valence-corrected chi connectivity index (χ3v) is 5.19. The quantitative estimate of drug-likeness (QED) is 0.552. The molecule has 1 aliphatic rings. The minimum atomic E-state index is -4.75. The van der Waals surface area contributed by atoms with Crippen LogP contribution in [-0.4, -0.2) is 37.5 Å². The number of nitrogens with one attached hydrogen (secondary N) is 1. The Balaban J connectivity index is 1.56. The third-order valence-electron chi connectivity index (χ3n) is 5.19. The van der Waals surface area contributed by atoms with Crippen LogP contribution in [0.1, 0.15) is 28.7 Å². The molecule has 0 aliphatic carbocycles. The molecule has 5 heterocycles. The molecule has 0 saturated heterocycles. The van der Waals surface area contributed by atoms with Crippen molar-refractivity contribution in [1.29, 1.82) is 0 Å². The number of anilines is 1. The lowest BCUT2D eigenvalue weighted by molar-refractivity contribution is -0.274. The monoisotopic (exact) mass is 414 g/mol. The molecule has 154 valence electrons. The van der Waals surface area contributed by atoms with Gasteiger partial charge in [-0.1, -0.05) is 6.07 Å². The van der Waals surface area contributed by atoms with Crippen LogP contribution in [-0.2, 0) is 6.42 Å². The number of aromatic amines is 1. The number of halogens is 3. The van der Waals surface area contributed by atoms with E-state index in [9.17, 15) is 13.2 Å². The average Bonchev–Trinajstić information content (AvgIpc) is 3.34. The topological polar surface area (TPSA) is 71.3 Å². The number of hydrogen-bond acceptors (Lipinski definition) is 5. The number of H-pyrrole nitrogens is 1. The molecule has 0 amide bonds. The van der Waals surface area contributed by atoms with Crippen LogP contribution in [0, 0.1) is 6.92 Å². The standard InChI is InChI=1S/C20H17F3N6O/c1-12-3-2-7-29-16(12)9-15(27-29)19-18-14(25-11-26-18)6-8-28(19)17-5-4-13(10-24-17)30-20(21,22)23/h2-5,7,9-11,19H,6,8H2,1H3,(H,25,26)/t19-/m1/s1. The highest BCUT2D eigenvalue weighted by molar-refractivity contribution is 5.57. The number of nitrogens with zero attached hydrogens (tertiary/aromatic N) is 5. The third kappa shape index (κ3) is 3.23. The molecule has 0 fully saturated rings. The Hall–Kier alpha value is -3.56. The van der Waals surface area contributed by atoms with Gasteiger partial charge in [0, 0.05) is 24.9 Å². The normalized spacial score (nSPS) is 16.7. The van der Waals surface area contributed by atoms with Crippen molar-refractivity contribution in [3.8, 4) is 5.75 Å². The number of alkyl halides is 3. The number of imidazole rings is 1. The van der Waals surface area contributed by atoms with Gasteiger partial charge in [-0.15, -0.1) is 13.2 Å². The molecule has 1 atom stereocenters. The second-order valence-corrected chi connectivity index (χ2v) is 7.10. The highest BCUT2D eigenvalue weighted by atomic mass is 19.4. The van der Waals surface area contributed by atoms with Crippen LogP contribution in [0.15, 0.2) is 49.1 Å². The van der Waals surface area contributed by atoms with Gasteiger partial charge in [-0.05, 0) is 36.8 Å². The molecule has 0 unspecified atom stereocenters. The Morgan fingerprint density at radius 3 is 2.80 bits per heavy atom. The Morgan fingerprint density at radius 2 is 2.07 bits per heavy atom. The molecule has 1 aliphatic heterocycles. The van der Waals surface area contributed by atoms with Crippen LogP contribution in [0.25, 0.3) is 5.52 Å². The fourth-order valence-corrected chi connectivity index (χ4v) is 3.87. The Bertz CT molecular complexity index is 1200. The van der Waals surface area contributed by atoms with Gasteiger partial charge in [-0.25, -0.2) is 14.5 Å². The molecule has 1 N–H and O–H groups in total. The first-order valence-corrected chi connectivity index (χ1v) is 9.34. The molecule has 4 aromatic rings. The zero-order valence-corrected chi connectivity index (χ0v) is 15.9. The summed E-state index contributed by atoms with van der Waals surface area (Å²) in [6.45, 7) is 2.62. The Morgan fingerprint density at radius 1 is 1.20 bits per heavy atom. The summed E-state index contributed by atoms with van der Waals surface area (Å²) in [6, 6.07) is 8.42. The molecule has 30 heavy (non-hydrogen) atoms. The summed E-state index contributed by atoms with van der Waals surface area (Å²) < 4.78 is 43.1. The smallest absolute Gasteiger partial charge is 0.404 e. The molecule has 0 saturated carbocycles. The van der Waals surface area contributed by atoms with E-state index in [0.29, 0.717) is 18.8 Å². The zero-order valence-electron chi connectivity index (χ0n) is 15.9. The van der Waals surface area contributed by atoms with Gasteiger partial charge in [0.2, 0.25) is 0 Å². The van der Waals surface area contributed by atoms with Crippen LogP contribution in [0.3, 0.4) is 0 Å². The molecular formula is C20H17F3N6O. The zero-order chi connectivity index (χ0) is 20.9. The first kappa shape index (κ1) is 18.5. The molecule has 5 rings (SSSR count). The van der Waals surface area contributed by atoms with E-state index in [4.69, 9.17) is 5.10 Å². The van der Waals surface area contributed by atoms with Gasteiger partial charge in [0.15, 0.2) is 0 Å². The predicted octanol–water partition coefficient (Wildman–Crippen LogP) is 3.81. The van der Waals surface area contributed by atoms with E-state index in [-0.39, 0.29) is 11.8 Å². The molecule has 10 heteroatoms. The highest BCUT2D eigenvalue weighted by Crippen LogP contribution is 2.36. The lowest BCUT2D eigenvalue weighted by atomic mass is 9.99. The molecule has 0 radical (unpaired) electrons. The van der Waals surface area contributed by atoms with E-state index in [1.165, 1.54) is 12.1 Å². The minimum absolute atomic E-state index is 0.318. The molecule has 0 spiro atoms. The molecule has 7 nitrogen and oxygen atoms in total. The number of rotatable bonds is 3. The van der Waals surface area contributed by atoms with E-state index in [1.54, 1.807) is 6.33 Å². The van der Waals surface area contributed by atoms with E-state index in [0.717, 1.165) is 34.4 Å². The lowest BCUT2D eigenvalue weighted by Crippen LogP contribution is -2.37. The summed E-state index contributed by atoms with van der Waals surface area (Å²) in [7, 11) is 0. The predicted molar refractivity (Wildman–Crippen MR) is 102 cm³/mol. The van der Waals surface area contributed by atoms with Crippen LogP contribution in [0.4, 0.5) is 19.0 Å². The SMILES string of the molecule is Cc1cccn2nc([C@@H]3c4nc[nH]c4CCN3c3ccc(OC(F)(F)F)cn3)cc12. The Labute approximate surface area is 169 Å². The largest absolute Gasteiger partial charge is 0.573 e. The van der Waals surface area contributed by atoms with Crippen molar-refractivity contribution in [3.63, 3.8) is 0 Å². The second-order valence-electron chi connectivity index (χ2n) is 7.10. The second kappa shape index (κ2) is 6.75. The summed E-state index contributed by atoms with van der Waals surface area (Å²) in [4.78, 5) is 13.9. The van der Waals surface area contributed by atoms with Crippen molar-refractivity contribution in [2.24, 2.45) is 0 Å². The molecule has 4 aromatic heterocycles. The Kier molecular flexibility index (Phi) is 4.16. The molecular weight excluding hydrogens is 397 g/mol. The van der Waals surface area contributed by atoms with Crippen molar-refractivity contribution in [2.75, 3.05) is 11.4 Å². The van der Waals surface area contributed by atoms with Gasteiger partial charge >= 0.3 is 6.36 Å². The van der Waals surface area contributed by atoms with Gasteiger partial charge in [0.25, 0.3) is 0 Å². The lowest BCUT2D eigenvalue weighted by Gasteiger charge is -2.34. The summed E-state index contributed by atoms with van der Waals surface area (Å²) in [5.41, 5.74) is 4.71. The van der Waals surface area contributed by atoms with Gasteiger partial charge in [-0.2, -0.15) is 5.10 Å². The minimum Gasteiger partial charge on any atom is -0.404 e. The van der Waals surface area contributed by atoms with E-state index in [1.807, 2.05) is 40.7 Å². The van der Waals surface area contributed by atoms with E-state index in [2.05, 4.69) is 19.7 Å². The fraction of sp³-hybridized carbons (Fsp3) is 0.250. The first-order chi connectivity index (χ1) is 14.4. The van der Waals surface area contributed by atoms with E-state index >= 15 is 0 Å². The van der Waals surface area contributed by atoms with Crippen molar-refractivity contribution >= 4 is 11.3 Å². The van der Waals surface area contributed by atoms with Crippen molar-refractivity contribution in [1.82, 2.24) is 24.6 Å². The summed E-state index contributed by atoms with van der Waals surface area (Å²) in [5, 5.41) is 4.74. The summed E-state index contributed by atoms with van der Waals surface area (Å²) >= 11 is 0. The van der Waals surface area contributed by atoms with Gasteiger partial charge in [0.1, 0.15) is 17.6 Å². The number of aryl methyl sites for hydroxylation is 1. The fourth-order valence-electron chi connectivity index (χ4n) is 3.87. The van der Waals surface area contributed by atoms with Gasteiger partial charge < -0.3 is 14.6 Å². The number of aromatic nitrogens is 5. The number of ether oxygens (including phenoxy) is 1. The van der Waals surface area contributed by atoms with Crippen LogP contribution < -0.4 is 9.64 Å². The summed E-state index contributed by atoms with van der Waals surface area (Å²) in [6.07, 6.45) is 0.561. The van der Waals surface area contributed by atoms with Crippen molar-refractivity contribution < 1.29 is 17.9 Å². The number of fused-ring (bicyclic) bond motifs is 2. The first-order valence-electron chi connectivity index (χ1n) is 9.34. The van der Waals surface area contributed by atoms with Crippen LogP contribution in [0.2, 0.25) is 0 Å². The summed E-state index contributed by atoms with van der Waals surface area (Å²) in [5.74, 6) is 0.167. The average molecular weight is 414 g/mol. The highest BCUT2D eigenvalue weighted by Gasteiger charge is 2.35. The van der Waals surface area contributed by atoms with Gasteiger partial charge in [-0.3, -0.25) is 0 Å². The van der Waals surface area contributed by atoms with E-state index < -0.39 is 6.36 Å². The number of pyridine rings is 2. The molecule has 0 bridgehead atoms. The maximum atomic E-state index is 12.5. The number of hydrogen-bond donors (Lipinski definition) is 1. The maximum absolute atomic E-state index is 12.5. The maximum Gasteiger partial charge on any atom is 0.573 e. The van der Waals surface area contributed by atoms with Crippen LogP contribution in [0.5, 0.6) is 5.75 Å².